The number of para-hydroxylation sites is 1. The van der Waals surface area contributed by atoms with Crippen LogP contribution >= 0.6 is 0 Å². The summed E-state index contributed by atoms with van der Waals surface area (Å²) in [6.07, 6.45) is 4.22. The third kappa shape index (κ3) is 4.20. The second-order valence-corrected chi connectivity index (χ2v) is 9.66. The number of carbonyl (C=O) groups excluding carboxylic acids is 1. The molecular formula is C26H31FN2O3. The number of hydrogen-bond acceptors (Lipinski definition) is 4. The van der Waals surface area contributed by atoms with Gasteiger partial charge in [-0.05, 0) is 73.9 Å². The van der Waals surface area contributed by atoms with Crippen molar-refractivity contribution >= 4 is 11.6 Å². The van der Waals surface area contributed by atoms with E-state index in [9.17, 15) is 14.3 Å². The fourth-order valence-corrected chi connectivity index (χ4v) is 5.84. The van der Waals surface area contributed by atoms with Crippen LogP contribution in [0.4, 0.5) is 10.1 Å². The third-order valence-electron chi connectivity index (χ3n) is 7.50. The summed E-state index contributed by atoms with van der Waals surface area (Å²) in [6, 6.07) is 15.9. The molecular weight excluding hydrogens is 407 g/mol. The lowest BCUT2D eigenvalue weighted by molar-refractivity contribution is -0.135. The Labute approximate surface area is 188 Å². The maximum Gasteiger partial charge on any atom is 0.248 e. The monoisotopic (exact) mass is 438 g/mol. The highest BCUT2D eigenvalue weighted by Gasteiger charge is 2.49. The van der Waals surface area contributed by atoms with Crippen LogP contribution in [0.15, 0.2) is 54.6 Å². The molecule has 5 rings (SSSR count). The number of hydrogen-bond donors (Lipinski definition) is 2. The van der Waals surface area contributed by atoms with E-state index in [1.54, 1.807) is 12.1 Å². The molecule has 2 aromatic carbocycles. The molecule has 1 heterocycles. The van der Waals surface area contributed by atoms with E-state index in [0.717, 1.165) is 31.4 Å². The topological polar surface area (TPSA) is 61.8 Å². The van der Waals surface area contributed by atoms with Gasteiger partial charge in [0.15, 0.2) is 0 Å². The molecule has 2 N–H and O–H groups in total. The summed E-state index contributed by atoms with van der Waals surface area (Å²) in [6.45, 7) is 1.40. The number of likely N-dealkylation sites (tertiary alicyclic amines) is 1. The van der Waals surface area contributed by atoms with Crippen LogP contribution in [0.25, 0.3) is 0 Å². The van der Waals surface area contributed by atoms with Crippen molar-refractivity contribution in [3.63, 3.8) is 0 Å². The van der Waals surface area contributed by atoms with Gasteiger partial charge in [-0.3, -0.25) is 4.79 Å². The van der Waals surface area contributed by atoms with Gasteiger partial charge in [-0.25, -0.2) is 4.39 Å². The quantitative estimate of drug-likeness (QED) is 0.734. The molecule has 0 bridgehead atoms. The van der Waals surface area contributed by atoms with Crippen molar-refractivity contribution in [2.45, 2.75) is 56.3 Å². The predicted octanol–water partition coefficient (Wildman–Crippen LogP) is 4.23. The first-order valence-corrected chi connectivity index (χ1v) is 11.8. The van der Waals surface area contributed by atoms with E-state index in [0.29, 0.717) is 37.6 Å². The highest BCUT2D eigenvalue weighted by molar-refractivity contribution is 5.90. The summed E-state index contributed by atoms with van der Waals surface area (Å²) < 4.78 is 19.2. The molecule has 5 nitrogen and oxygen atoms in total. The molecule has 2 aliphatic carbocycles. The number of aliphatic hydroxyl groups is 1. The van der Waals surface area contributed by atoms with Crippen molar-refractivity contribution in [3.8, 4) is 5.75 Å². The number of fused-ring (bicyclic) bond motifs is 1. The minimum Gasteiger partial charge on any atom is -0.488 e. The maximum atomic E-state index is 13.7. The first-order chi connectivity index (χ1) is 15.5. The van der Waals surface area contributed by atoms with E-state index in [1.807, 2.05) is 35.2 Å². The largest absolute Gasteiger partial charge is 0.488 e. The molecule has 170 valence electrons. The van der Waals surface area contributed by atoms with Gasteiger partial charge < -0.3 is 20.1 Å². The molecule has 0 spiro atoms. The smallest absolute Gasteiger partial charge is 0.248 e. The molecule has 0 aromatic heterocycles. The van der Waals surface area contributed by atoms with Gasteiger partial charge in [-0.1, -0.05) is 31.0 Å². The Balaban J connectivity index is 1.26. The molecule has 4 atom stereocenters. The van der Waals surface area contributed by atoms with E-state index >= 15 is 0 Å². The van der Waals surface area contributed by atoms with E-state index in [1.165, 1.54) is 12.1 Å². The number of amides is 1. The molecule has 1 amide bonds. The summed E-state index contributed by atoms with van der Waals surface area (Å²) in [5.74, 6) is 1.05. The number of ether oxygens (including phenoxy) is 1. The normalized spacial score (nSPS) is 28.9. The van der Waals surface area contributed by atoms with Crippen LogP contribution in [0.1, 0.15) is 38.5 Å². The zero-order valence-electron chi connectivity index (χ0n) is 18.3. The standard InChI is InChI=1S/C26H31FN2O3/c27-20-8-10-22(11-9-20)32-24-15-19-17-29(16-18(19)14-23(24)30)25(31)26(12-4-5-13-26)28-21-6-2-1-3-7-21/h1-3,6-11,18-19,23-24,28,30H,4-5,12-17H2/t18-,19+,23+,24+/m0/s1. The number of nitrogens with zero attached hydrogens (tertiary/aromatic N) is 1. The Bertz CT molecular complexity index is 930. The van der Waals surface area contributed by atoms with Crippen molar-refractivity contribution < 1.29 is 19.0 Å². The molecule has 0 radical (unpaired) electrons. The minimum atomic E-state index is -0.584. The molecule has 3 aliphatic rings. The number of anilines is 1. The summed E-state index contributed by atoms with van der Waals surface area (Å²) in [5.41, 5.74) is 0.458. The molecule has 1 aliphatic heterocycles. The highest BCUT2D eigenvalue weighted by Crippen LogP contribution is 2.41. The number of benzene rings is 2. The van der Waals surface area contributed by atoms with Crippen LogP contribution in [0.5, 0.6) is 5.75 Å². The van der Waals surface area contributed by atoms with Gasteiger partial charge in [0.05, 0.1) is 6.10 Å². The van der Waals surface area contributed by atoms with Crippen molar-refractivity contribution in [1.29, 1.82) is 0 Å². The molecule has 3 fully saturated rings. The fraction of sp³-hybridized carbons (Fsp3) is 0.500. The van der Waals surface area contributed by atoms with E-state index in [-0.39, 0.29) is 23.7 Å². The Hall–Kier alpha value is -2.60. The average molecular weight is 439 g/mol. The van der Waals surface area contributed by atoms with E-state index in [4.69, 9.17) is 4.74 Å². The Morgan fingerprint density at radius 1 is 1.00 bits per heavy atom. The molecule has 6 heteroatoms. The Kier molecular flexibility index (Phi) is 5.80. The average Bonchev–Trinajstić information content (AvgIpc) is 3.43. The second-order valence-electron chi connectivity index (χ2n) is 9.66. The first kappa shape index (κ1) is 21.3. The zero-order valence-corrected chi connectivity index (χ0v) is 18.3. The zero-order chi connectivity index (χ0) is 22.1. The number of nitrogens with one attached hydrogen (secondary N) is 1. The van der Waals surface area contributed by atoms with E-state index < -0.39 is 11.6 Å². The van der Waals surface area contributed by atoms with Crippen LogP contribution < -0.4 is 10.1 Å². The molecule has 0 unspecified atom stereocenters. The van der Waals surface area contributed by atoms with Gasteiger partial charge in [-0.2, -0.15) is 0 Å². The molecule has 1 saturated heterocycles. The molecule has 2 saturated carbocycles. The molecule has 32 heavy (non-hydrogen) atoms. The summed E-state index contributed by atoms with van der Waals surface area (Å²) in [4.78, 5) is 15.8. The Morgan fingerprint density at radius 3 is 2.34 bits per heavy atom. The lowest BCUT2D eigenvalue weighted by atomic mass is 9.78. The third-order valence-corrected chi connectivity index (χ3v) is 7.50. The SMILES string of the molecule is O=C(N1C[C@H]2C[C@@H](Oc3ccc(F)cc3)[C@H](O)C[C@H]2C1)C1(Nc2ccccc2)CCCC1. The van der Waals surface area contributed by atoms with Crippen LogP contribution in [0.2, 0.25) is 0 Å². The number of carbonyl (C=O) groups is 1. The van der Waals surface area contributed by atoms with Crippen LogP contribution in [-0.4, -0.2) is 46.7 Å². The highest BCUT2D eigenvalue weighted by atomic mass is 19.1. The predicted molar refractivity (Wildman–Crippen MR) is 121 cm³/mol. The van der Waals surface area contributed by atoms with Gasteiger partial charge in [0.1, 0.15) is 23.2 Å². The van der Waals surface area contributed by atoms with Crippen LogP contribution in [-0.2, 0) is 4.79 Å². The summed E-state index contributed by atoms with van der Waals surface area (Å²) in [5, 5.41) is 14.3. The lowest BCUT2D eigenvalue weighted by Crippen LogP contribution is -2.51. The van der Waals surface area contributed by atoms with Crippen LogP contribution in [0.3, 0.4) is 0 Å². The van der Waals surface area contributed by atoms with Gasteiger partial charge >= 0.3 is 0 Å². The molecule has 2 aromatic rings. The number of aliphatic hydroxyl groups excluding tert-OH is 1. The first-order valence-electron chi connectivity index (χ1n) is 11.8. The van der Waals surface area contributed by atoms with Crippen molar-refractivity contribution in [3.05, 3.63) is 60.4 Å². The maximum absolute atomic E-state index is 13.7. The fourth-order valence-electron chi connectivity index (χ4n) is 5.84. The Morgan fingerprint density at radius 2 is 1.66 bits per heavy atom. The van der Waals surface area contributed by atoms with Gasteiger partial charge in [0.2, 0.25) is 5.91 Å². The minimum absolute atomic E-state index is 0.193. The number of halogens is 1. The van der Waals surface area contributed by atoms with Crippen molar-refractivity contribution in [1.82, 2.24) is 4.90 Å². The van der Waals surface area contributed by atoms with E-state index in [2.05, 4.69) is 5.32 Å². The van der Waals surface area contributed by atoms with Crippen molar-refractivity contribution in [2.24, 2.45) is 11.8 Å². The summed E-state index contributed by atoms with van der Waals surface area (Å²) in [7, 11) is 0. The lowest BCUT2D eigenvalue weighted by Gasteiger charge is -2.35. The van der Waals surface area contributed by atoms with Gasteiger partial charge in [0, 0.05) is 18.8 Å². The van der Waals surface area contributed by atoms with Gasteiger partial charge in [0.25, 0.3) is 0 Å². The van der Waals surface area contributed by atoms with Crippen molar-refractivity contribution in [2.75, 3.05) is 18.4 Å². The van der Waals surface area contributed by atoms with Gasteiger partial charge in [-0.15, -0.1) is 0 Å². The number of rotatable bonds is 5. The van der Waals surface area contributed by atoms with Crippen LogP contribution in [0, 0.1) is 17.7 Å². The summed E-state index contributed by atoms with van der Waals surface area (Å²) >= 11 is 0. The second kappa shape index (κ2) is 8.74.